The van der Waals surface area contributed by atoms with Crippen LogP contribution in [0.15, 0.2) is 12.1 Å². The van der Waals surface area contributed by atoms with Crippen molar-refractivity contribution in [1.29, 1.82) is 0 Å². The maximum atomic E-state index is 15.0. The van der Waals surface area contributed by atoms with Crippen LogP contribution in [0.25, 0.3) is 0 Å². The minimum Gasteiger partial charge on any atom is -0.493 e. The molecule has 1 saturated heterocycles. The summed E-state index contributed by atoms with van der Waals surface area (Å²) in [5, 5.41) is 0. The Labute approximate surface area is 196 Å². The molecule has 8 heteroatoms. The van der Waals surface area contributed by atoms with Crippen molar-refractivity contribution in [2.45, 2.75) is 85.5 Å². The second-order valence-electron chi connectivity index (χ2n) is 10.6. The molecule has 0 aliphatic carbocycles. The molecule has 7 nitrogen and oxygen atoms in total. The highest BCUT2D eigenvalue weighted by molar-refractivity contribution is 5.90. The zero-order valence-corrected chi connectivity index (χ0v) is 21.0. The Bertz CT molecular complexity index is 888. The van der Waals surface area contributed by atoms with Gasteiger partial charge in [-0.05, 0) is 38.8 Å². The molecule has 0 radical (unpaired) electrons. The highest BCUT2D eigenvalue weighted by Gasteiger charge is 2.52. The summed E-state index contributed by atoms with van der Waals surface area (Å²) < 4.78 is 26.2. The quantitative estimate of drug-likeness (QED) is 0.428. The third-order valence-corrected chi connectivity index (χ3v) is 5.45. The highest BCUT2D eigenvalue weighted by Crippen LogP contribution is 2.36. The van der Waals surface area contributed by atoms with Crippen LogP contribution in [0, 0.1) is 11.2 Å². The molecular weight excluding hydrogens is 427 g/mol. The number of benzene rings is 1. The first kappa shape index (κ1) is 26.6. The second-order valence-corrected chi connectivity index (χ2v) is 10.6. The Morgan fingerprint density at radius 2 is 1.82 bits per heavy atom. The average Bonchev–Trinajstić information content (AvgIpc) is 2.93. The van der Waals surface area contributed by atoms with Crippen molar-refractivity contribution >= 4 is 18.3 Å². The van der Waals surface area contributed by atoms with Gasteiger partial charge in [0.2, 0.25) is 5.91 Å². The molecule has 0 N–H and O–H groups in total. The molecule has 0 bridgehead atoms. The number of unbranched alkanes of at least 4 members (excludes halogenated alkanes) is 1. The van der Waals surface area contributed by atoms with Crippen molar-refractivity contribution in [1.82, 2.24) is 9.80 Å². The third-order valence-electron chi connectivity index (χ3n) is 5.45. The topological polar surface area (TPSA) is 76.2 Å². The van der Waals surface area contributed by atoms with E-state index in [4.69, 9.17) is 9.47 Å². The van der Waals surface area contributed by atoms with Crippen molar-refractivity contribution in [2.24, 2.45) is 5.41 Å². The van der Waals surface area contributed by atoms with Crippen LogP contribution in [-0.4, -0.2) is 59.5 Å². The lowest BCUT2D eigenvalue weighted by atomic mass is 9.91. The monoisotopic (exact) mass is 464 g/mol. The zero-order chi connectivity index (χ0) is 25.1. The fourth-order valence-electron chi connectivity index (χ4n) is 4.08. The molecule has 1 unspecified atom stereocenters. The molecule has 184 valence electrons. The molecule has 2 atom stereocenters. The van der Waals surface area contributed by atoms with Crippen molar-refractivity contribution < 1.29 is 28.2 Å². The van der Waals surface area contributed by atoms with Crippen molar-refractivity contribution in [3.63, 3.8) is 0 Å². The van der Waals surface area contributed by atoms with Gasteiger partial charge in [0, 0.05) is 24.9 Å². The van der Waals surface area contributed by atoms with Gasteiger partial charge in [0.05, 0.1) is 12.2 Å². The number of halogens is 1. The summed E-state index contributed by atoms with van der Waals surface area (Å²) >= 11 is 0. The molecule has 1 aliphatic heterocycles. The lowest BCUT2D eigenvalue weighted by Crippen LogP contribution is -2.52. The van der Waals surface area contributed by atoms with Gasteiger partial charge in [0.15, 0.2) is 6.29 Å². The summed E-state index contributed by atoms with van der Waals surface area (Å²) in [6.45, 7) is 13.4. The Morgan fingerprint density at radius 3 is 2.33 bits per heavy atom. The van der Waals surface area contributed by atoms with E-state index in [0.29, 0.717) is 12.9 Å². The smallest absolute Gasteiger partial charge is 0.412 e. The van der Waals surface area contributed by atoms with Crippen molar-refractivity contribution in [3.05, 3.63) is 29.1 Å². The SMILES string of the molecule is CCCCOc1cc(F)c(CC2C(=O)N(C)[C@H](C(C)(C)C)N2C(=O)OC(C)(C)C)cc1C=O. The van der Waals surface area contributed by atoms with Crippen LogP contribution in [0.2, 0.25) is 0 Å². The molecule has 0 saturated carbocycles. The van der Waals surface area contributed by atoms with Gasteiger partial charge >= 0.3 is 6.09 Å². The Kier molecular flexibility index (Phi) is 8.14. The first-order chi connectivity index (χ1) is 15.2. The van der Waals surface area contributed by atoms with Crippen LogP contribution in [0.4, 0.5) is 9.18 Å². The van der Waals surface area contributed by atoms with Crippen molar-refractivity contribution in [3.8, 4) is 5.75 Å². The molecular formula is C25H37FN2O5. The van der Waals surface area contributed by atoms with Crippen LogP contribution in [0.5, 0.6) is 5.75 Å². The summed E-state index contributed by atoms with van der Waals surface area (Å²) in [4.78, 5) is 40.9. The van der Waals surface area contributed by atoms with E-state index in [1.54, 1.807) is 27.8 Å². The molecule has 1 heterocycles. The Balaban J connectivity index is 2.45. The summed E-state index contributed by atoms with van der Waals surface area (Å²) in [5.41, 5.74) is -0.867. The summed E-state index contributed by atoms with van der Waals surface area (Å²) in [7, 11) is 1.63. The number of hydrogen-bond donors (Lipinski definition) is 0. The molecule has 2 amide bonds. The van der Waals surface area contributed by atoms with Gasteiger partial charge in [-0.1, -0.05) is 34.1 Å². The number of nitrogens with zero attached hydrogens (tertiary/aromatic N) is 2. The molecule has 0 aromatic heterocycles. The minimum absolute atomic E-state index is 0.0864. The molecule has 2 rings (SSSR count). The fourth-order valence-corrected chi connectivity index (χ4v) is 4.08. The van der Waals surface area contributed by atoms with Crippen LogP contribution in [0.1, 0.15) is 77.2 Å². The molecule has 1 fully saturated rings. The van der Waals surface area contributed by atoms with E-state index in [2.05, 4.69) is 0 Å². The van der Waals surface area contributed by atoms with Crippen LogP contribution in [0.3, 0.4) is 0 Å². The zero-order valence-electron chi connectivity index (χ0n) is 21.0. The molecule has 1 aliphatic rings. The standard InChI is InChI=1S/C25H37FN2O5/c1-9-10-11-32-20-14-18(26)16(12-17(20)15-29)13-19-21(30)27(8)22(24(2,3)4)28(19)23(31)33-25(5,6)7/h12,14-15,19,22H,9-11,13H2,1-8H3/t19?,22-/m0/s1. The number of likely N-dealkylation sites (N-methyl/N-ethyl adjacent to an activating group) is 1. The van der Waals surface area contributed by atoms with E-state index < -0.39 is 35.1 Å². The maximum absolute atomic E-state index is 15.0. The lowest BCUT2D eigenvalue weighted by Gasteiger charge is -2.39. The first-order valence-electron chi connectivity index (χ1n) is 11.4. The summed E-state index contributed by atoms with van der Waals surface area (Å²) in [6, 6.07) is 1.61. The largest absolute Gasteiger partial charge is 0.493 e. The number of ether oxygens (including phenoxy) is 2. The minimum atomic E-state index is -0.963. The van der Waals surface area contributed by atoms with Gasteiger partial charge < -0.3 is 14.4 Å². The number of carbonyl (C=O) groups is 3. The second kappa shape index (κ2) is 10.1. The third kappa shape index (κ3) is 6.24. The number of aldehydes is 1. The van der Waals surface area contributed by atoms with E-state index >= 15 is 4.39 Å². The van der Waals surface area contributed by atoms with Gasteiger partial charge in [-0.3, -0.25) is 14.5 Å². The van der Waals surface area contributed by atoms with E-state index in [-0.39, 0.29) is 29.2 Å². The predicted octanol–water partition coefficient (Wildman–Crippen LogP) is 4.81. The van der Waals surface area contributed by atoms with Crippen LogP contribution in [-0.2, 0) is 16.0 Å². The van der Waals surface area contributed by atoms with E-state index in [1.165, 1.54) is 21.9 Å². The molecule has 33 heavy (non-hydrogen) atoms. The average molecular weight is 465 g/mol. The van der Waals surface area contributed by atoms with Gasteiger partial charge in [0.1, 0.15) is 29.4 Å². The first-order valence-corrected chi connectivity index (χ1v) is 11.4. The van der Waals surface area contributed by atoms with Crippen LogP contribution >= 0.6 is 0 Å². The fraction of sp³-hybridized carbons (Fsp3) is 0.640. The molecule has 0 spiro atoms. The van der Waals surface area contributed by atoms with E-state index in [0.717, 1.165) is 12.8 Å². The number of amides is 2. The molecule has 1 aromatic rings. The Hall–Kier alpha value is -2.64. The lowest BCUT2D eigenvalue weighted by molar-refractivity contribution is -0.129. The molecule has 1 aromatic carbocycles. The normalized spacial score (nSPS) is 19.1. The number of rotatable bonds is 7. The van der Waals surface area contributed by atoms with Gasteiger partial charge in [0.25, 0.3) is 0 Å². The predicted molar refractivity (Wildman–Crippen MR) is 124 cm³/mol. The van der Waals surface area contributed by atoms with Gasteiger partial charge in [-0.25, -0.2) is 9.18 Å². The number of hydrogen-bond acceptors (Lipinski definition) is 5. The van der Waals surface area contributed by atoms with Gasteiger partial charge in [-0.15, -0.1) is 0 Å². The summed E-state index contributed by atoms with van der Waals surface area (Å²) in [5.74, 6) is -0.729. The maximum Gasteiger partial charge on any atom is 0.412 e. The number of carbonyl (C=O) groups excluding carboxylic acids is 3. The van der Waals surface area contributed by atoms with E-state index in [9.17, 15) is 14.4 Å². The van der Waals surface area contributed by atoms with Crippen molar-refractivity contribution in [2.75, 3.05) is 13.7 Å². The van der Waals surface area contributed by atoms with Crippen LogP contribution < -0.4 is 4.74 Å². The highest BCUT2D eigenvalue weighted by atomic mass is 19.1. The van der Waals surface area contributed by atoms with Gasteiger partial charge in [-0.2, -0.15) is 0 Å². The summed E-state index contributed by atoms with van der Waals surface area (Å²) in [6.07, 6.45) is 0.997. The Morgan fingerprint density at radius 1 is 1.18 bits per heavy atom. The van der Waals surface area contributed by atoms with E-state index in [1.807, 2.05) is 27.7 Å².